The van der Waals surface area contributed by atoms with Gasteiger partial charge < -0.3 is 4.98 Å². The van der Waals surface area contributed by atoms with Crippen LogP contribution in [0.2, 0.25) is 0 Å². The van der Waals surface area contributed by atoms with Gasteiger partial charge in [-0.15, -0.1) is 0 Å². The Balaban J connectivity index is 1.94. The maximum Gasteiger partial charge on any atom is 0.137 e. The zero-order chi connectivity index (χ0) is 15.3. The van der Waals surface area contributed by atoms with Gasteiger partial charge in [0.05, 0.1) is 5.52 Å². The number of nitrogens with one attached hydrogen (secondary N) is 1. The van der Waals surface area contributed by atoms with E-state index in [2.05, 4.69) is 60.2 Å². The van der Waals surface area contributed by atoms with Crippen LogP contribution >= 0.6 is 0 Å². The average molecular weight is 290 g/mol. The van der Waals surface area contributed by atoms with Gasteiger partial charge in [-0.3, -0.25) is 0 Å². The molecule has 0 bridgehead atoms. The summed E-state index contributed by atoms with van der Waals surface area (Å²) in [5.74, 6) is 0. The summed E-state index contributed by atoms with van der Waals surface area (Å²) in [6.45, 7) is 6.62. The lowest BCUT2D eigenvalue weighted by Crippen LogP contribution is -2.11. The van der Waals surface area contributed by atoms with Crippen LogP contribution in [0.5, 0.6) is 0 Å². The quantitative estimate of drug-likeness (QED) is 0.571. The van der Waals surface area contributed by atoms with E-state index in [0.29, 0.717) is 0 Å². The number of hydrogen-bond acceptors (Lipinski definition) is 2. The highest BCUT2D eigenvalue weighted by Gasteiger charge is 2.17. The number of pyridine rings is 1. The van der Waals surface area contributed by atoms with Gasteiger partial charge in [0.1, 0.15) is 5.65 Å². The second-order valence-corrected chi connectivity index (χ2v) is 6.69. The van der Waals surface area contributed by atoms with E-state index in [9.17, 15) is 0 Å². The number of fused-ring (bicyclic) bond motifs is 2. The van der Waals surface area contributed by atoms with Crippen LogP contribution in [0.3, 0.4) is 0 Å². The van der Waals surface area contributed by atoms with Crippen molar-refractivity contribution in [3.63, 3.8) is 0 Å². The Kier molecular flexibility index (Phi) is 2.64. The standard InChI is InChI=1S/C18H18N4/c1-18(2,3)13-8-15-16(10-20-17(15)19-9-13)12-7-14-5-4-6-21-22(14)11-12/h4-11H,1-3H3,(H,19,20). The van der Waals surface area contributed by atoms with Crippen molar-refractivity contribution in [2.24, 2.45) is 0 Å². The topological polar surface area (TPSA) is 46.0 Å². The monoisotopic (exact) mass is 290 g/mol. The van der Waals surface area contributed by atoms with E-state index in [4.69, 9.17) is 0 Å². The molecule has 1 N–H and O–H groups in total. The molecule has 0 aliphatic carbocycles. The van der Waals surface area contributed by atoms with E-state index >= 15 is 0 Å². The van der Waals surface area contributed by atoms with Crippen LogP contribution in [0, 0.1) is 0 Å². The maximum atomic E-state index is 4.57. The molecule has 22 heavy (non-hydrogen) atoms. The molecule has 0 unspecified atom stereocenters. The van der Waals surface area contributed by atoms with Gasteiger partial charge in [0.2, 0.25) is 0 Å². The number of aromatic nitrogens is 4. The minimum Gasteiger partial charge on any atom is -0.346 e. The predicted octanol–water partition coefficient (Wildman–Crippen LogP) is 4.18. The zero-order valence-electron chi connectivity index (χ0n) is 13.0. The average Bonchev–Trinajstić information content (AvgIpc) is 3.08. The molecule has 110 valence electrons. The highest BCUT2D eigenvalue weighted by Crippen LogP contribution is 2.32. The number of H-pyrrole nitrogens is 1. The summed E-state index contributed by atoms with van der Waals surface area (Å²) in [6, 6.07) is 8.40. The molecule has 4 rings (SSSR count). The fourth-order valence-electron chi connectivity index (χ4n) is 2.75. The van der Waals surface area contributed by atoms with Crippen molar-refractivity contribution in [2.75, 3.05) is 0 Å². The van der Waals surface area contributed by atoms with Gasteiger partial charge in [-0.25, -0.2) is 9.50 Å². The second kappa shape index (κ2) is 4.44. The highest BCUT2D eigenvalue weighted by molar-refractivity contribution is 5.94. The summed E-state index contributed by atoms with van der Waals surface area (Å²) in [6.07, 6.45) is 7.84. The minimum atomic E-state index is 0.0861. The Morgan fingerprint density at radius 1 is 1.18 bits per heavy atom. The van der Waals surface area contributed by atoms with Gasteiger partial charge in [-0.2, -0.15) is 5.10 Å². The van der Waals surface area contributed by atoms with Crippen LogP contribution in [-0.4, -0.2) is 19.6 Å². The largest absolute Gasteiger partial charge is 0.346 e. The molecule has 4 aromatic heterocycles. The van der Waals surface area contributed by atoms with Gasteiger partial charge in [0, 0.05) is 41.3 Å². The minimum absolute atomic E-state index is 0.0861. The van der Waals surface area contributed by atoms with Crippen LogP contribution in [0.15, 0.2) is 49.1 Å². The molecule has 0 radical (unpaired) electrons. The first-order valence-electron chi connectivity index (χ1n) is 7.44. The fraction of sp³-hybridized carbons (Fsp3) is 0.222. The number of hydrogen-bond donors (Lipinski definition) is 1. The molecule has 0 fully saturated rings. The van der Waals surface area contributed by atoms with Crippen LogP contribution in [-0.2, 0) is 5.41 Å². The molecule has 4 aromatic rings. The van der Waals surface area contributed by atoms with Crippen molar-refractivity contribution in [1.82, 2.24) is 19.6 Å². The third-order valence-electron chi connectivity index (χ3n) is 4.08. The van der Waals surface area contributed by atoms with E-state index in [1.165, 1.54) is 11.1 Å². The summed E-state index contributed by atoms with van der Waals surface area (Å²) in [4.78, 5) is 7.84. The Labute approximate surface area is 128 Å². The molecule has 0 spiro atoms. The molecule has 0 amide bonds. The first-order chi connectivity index (χ1) is 10.5. The zero-order valence-corrected chi connectivity index (χ0v) is 13.0. The number of aromatic amines is 1. The molecule has 0 saturated heterocycles. The molecule has 0 atom stereocenters. The van der Waals surface area contributed by atoms with Crippen molar-refractivity contribution in [1.29, 1.82) is 0 Å². The number of nitrogens with zero attached hydrogens (tertiary/aromatic N) is 3. The van der Waals surface area contributed by atoms with Crippen molar-refractivity contribution < 1.29 is 0 Å². The van der Waals surface area contributed by atoms with Gasteiger partial charge in [-0.1, -0.05) is 20.8 Å². The molecule has 0 saturated carbocycles. The van der Waals surface area contributed by atoms with Gasteiger partial charge >= 0.3 is 0 Å². The third-order valence-corrected chi connectivity index (χ3v) is 4.08. The first kappa shape index (κ1) is 13.1. The van der Waals surface area contributed by atoms with E-state index < -0.39 is 0 Å². The normalized spacial score (nSPS) is 12.3. The van der Waals surface area contributed by atoms with Crippen molar-refractivity contribution in [3.05, 3.63) is 54.6 Å². The smallest absolute Gasteiger partial charge is 0.137 e. The van der Waals surface area contributed by atoms with Crippen LogP contribution < -0.4 is 0 Å². The molecule has 4 nitrogen and oxygen atoms in total. The lowest BCUT2D eigenvalue weighted by Gasteiger charge is -2.18. The van der Waals surface area contributed by atoms with Gasteiger partial charge in [0.25, 0.3) is 0 Å². The third kappa shape index (κ3) is 1.99. The highest BCUT2D eigenvalue weighted by atomic mass is 15.2. The van der Waals surface area contributed by atoms with Crippen LogP contribution in [0.4, 0.5) is 0 Å². The summed E-state index contributed by atoms with van der Waals surface area (Å²) in [5, 5.41) is 5.50. The van der Waals surface area contributed by atoms with E-state index in [1.807, 2.05) is 23.0 Å². The number of rotatable bonds is 1. The summed E-state index contributed by atoms with van der Waals surface area (Å²) in [5.41, 5.74) is 5.65. The molecule has 4 heteroatoms. The van der Waals surface area contributed by atoms with Crippen molar-refractivity contribution in [2.45, 2.75) is 26.2 Å². The van der Waals surface area contributed by atoms with E-state index in [-0.39, 0.29) is 5.41 Å². The van der Waals surface area contributed by atoms with E-state index in [0.717, 1.165) is 22.1 Å². The molecule has 0 aliphatic heterocycles. The lowest BCUT2D eigenvalue weighted by atomic mass is 9.87. The first-order valence-corrected chi connectivity index (χ1v) is 7.44. The van der Waals surface area contributed by atoms with Crippen LogP contribution in [0.25, 0.3) is 27.7 Å². The van der Waals surface area contributed by atoms with Gasteiger partial charge in [0.15, 0.2) is 0 Å². The predicted molar refractivity (Wildman–Crippen MR) is 89.0 cm³/mol. The maximum absolute atomic E-state index is 4.57. The Bertz CT molecular complexity index is 937. The summed E-state index contributed by atoms with van der Waals surface area (Å²) >= 11 is 0. The van der Waals surface area contributed by atoms with E-state index in [1.54, 1.807) is 6.20 Å². The van der Waals surface area contributed by atoms with Crippen LogP contribution in [0.1, 0.15) is 26.3 Å². The summed E-state index contributed by atoms with van der Waals surface area (Å²) in [7, 11) is 0. The van der Waals surface area contributed by atoms with Gasteiger partial charge in [-0.05, 0) is 35.2 Å². The molecule has 4 heterocycles. The molecule has 0 aromatic carbocycles. The molecular formula is C18H18N4. The molecule has 0 aliphatic rings. The Morgan fingerprint density at radius 2 is 2.05 bits per heavy atom. The molecular weight excluding hydrogens is 272 g/mol. The van der Waals surface area contributed by atoms with Crippen molar-refractivity contribution >= 4 is 16.6 Å². The summed E-state index contributed by atoms with van der Waals surface area (Å²) < 4.78 is 1.90. The Hall–Kier alpha value is -2.62. The Morgan fingerprint density at radius 3 is 2.82 bits per heavy atom. The second-order valence-electron chi connectivity index (χ2n) is 6.69. The lowest BCUT2D eigenvalue weighted by molar-refractivity contribution is 0.588. The van der Waals surface area contributed by atoms with Crippen molar-refractivity contribution in [3.8, 4) is 11.1 Å². The fourth-order valence-corrected chi connectivity index (χ4v) is 2.75. The SMILES string of the molecule is CC(C)(C)c1cnc2[nH]cc(-c3cc4cccnn4c3)c2c1.